The van der Waals surface area contributed by atoms with Gasteiger partial charge < -0.3 is 16.5 Å². The molecule has 0 unspecified atom stereocenters. The van der Waals surface area contributed by atoms with Gasteiger partial charge in [-0.05, 0) is 20.8 Å². The summed E-state index contributed by atoms with van der Waals surface area (Å²) < 4.78 is 0. The highest BCUT2D eigenvalue weighted by atomic mass is 15.0. The van der Waals surface area contributed by atoms with Gasteiger partial charge >= 0.3 is 0 Å². The first-order chi connectivity index (χ1) is 4.95. The summed E-state index contributed by atoms with van der Waals surface area (Å²) in [6.07, 6.45) is 0. The topological polar surface area (TPSA) is 61.9 Å². The first-order valence-electron chi connectivity index (χ1n) is 3.75. The highest BCUT2D eigenvalue weighted by Crippen LogP contribution is 2.19. The molecule has 62 valence electrons. The lowest BCUT2D eigenvalue weighted by Crippen LogP contribution is -2.38. The highest BCUT2D eigenvalue weighted by Gasteiger charge is 2.32. The molecule has 0 saturated carbocycles. The Morgan fingerprint density at radius 1 is 1.64 bits per heavy atom. The number of hydrogen-bond donors (Lipinski definition) is 3. The standard InChI is InChI=1S/C8H15N3/c1-5(9)6-4-11-8(2,3)7(6)10/h10-11H,4,9H2,1-3H3. The van der Waals surface area contributed by atoms with E-state index >= 15 is 0 Å². The van der Waals surface area contributed by atoms with Crippen molar-refractivity contribution < 1.29 is 0 Å². The molecule has 3 nitrogen and oxygen atoms in total. The van der Waals surface area contributed by atoms with Gasteiger partial charge in [-0.3, -0.25) is 0 Å². The van der Waals surface area contributed by atoms with E-state index in [4.69, 9.17) is 11.1 Å². The van der Waals surface area contributed by atoms with Gasteiger partial charge in [-0.25, -0.2) is 0 Å². The lowest BCUT2D eigenvalue weighted by atomic mass is 9.97. The SMILES string of the molecule is CC(N)=C1CNC(C)(C)C1=N. The van der Waals surface area contributed by atoms with Gasteiger partial charge in [-0.1, -0.05) is 0 Å². The molecule has 1 aliphatic heterocycles. The van der Waals surface area contributed by atoms with Crippen LogP contribution in [0, 0.1) is 5.41 Å². The second-order valence-electron chi connectivity index (χ2n) is 3.52. The van der Waals surface area contributed by atoms with Gasteiger partial charge in [-0.2, -0.15) is 0 Å². The molecular formula is C8H15N3. The third kappa shape index (κ3) is 1.28. The molecule has 11 heavy (non-hydrogen) atoms. The van der Waals surface area contributed by atoms with Crippen LogP contribution in [0.4, 0.5) is 0 Å². The number of rotatable bonds is 0. The maximum atomic E-state index is 7.74. The van der Waals surface area contributed by atoms with Crippen LogP contribution in [-0.2, 0) is 0 Å². The van der Waals surface area contributed by atoms with Crippen molar-refractivity contribution in [3.05, 3.63) is 11.3 Å². The molecule has 1 heterocycles. The van der Waals surface area contributed by atoms with Crippen molar-refractivity contribution >= 4 is 5.71 Å². The van der Waals surface area contributed by atoms with Crippen LogP contribution in [0.25, 0.3) is 0 Å². The van der Waals surface area contributed by atoms with Crippen LogP contribution >= 0.6 is 0 Å². The summed E-state index contributed by atoms with van der Waals surface area (Å²) >= 11 is 0. The predicted octanol–water partition coefficient (Wildman–Crippen LogP) is 0.621. The zero-order valence-electron chi connectivity index (χ0n) is 7.28. The summed E-state index contributed by atoms with van der Waals surface area (Å²) in [5.41, 5.74) is 7.74. The van der Waals surface area contributed by atoms with Crippen LogP contribution in [0.15, 0.2) is 11.3 Å². The van der Waals surface area contributed by atoms with Gasteiger partial charge in [-0.15, -0.1) is 0 Å². The van der Waals surface area contributed by atoms with Crippen molar-refractivity contribution in [1.82, 2.24) is 5.32 Å². The van der Waals surface area contributed by atoms with Crippen LogP contribution in [-0.4, -0.2) is 17.8 Å². The minimum atomic E-state index is -0.198. The molecular weight excluding hydrogens is 138 g/mol. The molecule has 0 aromatic heterocycles. The predicted molar refractivity (Wildman–Crippen MR) is 46.7 cm³/mol. The van der Waals surface area contributed by atoms with Gasteiger partial charge in [0.2, 0.25) is 0 Å². The first kappa shape index (κ1) is 8.27. The number of nitrogens with one attached hydrogen (secondary N) is 2. The lowest BCUT2D eigenvalue weighted by Gasteiger charge is -2.16. The Morgan fingerprint density at radius 2 is 2.18 bits per heavy atom. The fourth-order valence-corrected chi connectivity index (χ4v) is 1.20. The van der Waals surface area contributed by atoms with E-state index in [0.717, 1.165) is 17.8 Å². The van der Waals surface area contributed by atoms with Crippen LogP contribution in [0.2, 0.25) is 0 Å². The summed E-state index contributed by atoms with van der Waals surface area (Å²) in [6.45, 7) is 6.55. The molecule has 0 bridgehead atoms. The van der Waals surface area contributed by atoms with Crippen molar-refractivity contribution in [1.29, 1.82) is 5.41 Å². The second kappa shape index (κ2) is 2.34. The Balaban J connectivity index is 2.98. The zero-order chi connectivity index (χ0) is 8.65. The van der Waals surface area contributed by atoms with Gasteiger partial charge in [0.05, 0.1) is 11.3 Å². The number of allylic oxidation sites excluding steroid dienone is 1. The summed E-state index contributed by atoms with van der Waals surface area (Å²) in [5.74, 6) is 0. The van der Waals surface area contributed by atoms with E-state index in [-0.39, 0.29) is 5.54 Å². The molecule has 0 aromatic rings. The summed E-state index contributed by atoms with van der Waals surface area (Å²) in [4.78, 5) is 0. The number of nitrogens with two attached hydrogens (primary N) is 1. The second-order valence-corrected chi connectivity index (χ2v) is 3.52. The Bertz CT molecular complexity index is 221. The highest BCUT2D eigenvalue weighted by molar-refractivity contribution is 6.07. The van der Waals surface area contributed by atoms with Crippen LogP contribution in [0.1, 0.15) is 20.8 Å². The fourth-order valence-electron chi connectivity index (χ4n) is 1.20. The van der Waals surface area contributed by atoms with E-state index in [1.165, 1.54) is 0 Å². The van der Waals surface area contributed by atoms with Crippen molar-refractivity contribution in [3.8, 4) is 0 Å². The molecule has 0 aromatic carbocycles. The maximum absolute atomic E-state index is 7.74. The van der Waals surface area contributed by atoms with Crippen molar-refractivity contribution in [2.24, 2.45) is 5.73 Å². The van der Waals surface area contributed by atoms with Gasteiger partial charge in [0, 0.05) is 17.8 Å². The maximum Gasteiger partial charge on any atom is 0.0571 e. The van der Waals surface area contributed by atoms with Crippen LogP contribution in [0.5, 0.6) is 0 Å². The minimum Gasteiger partial charge on any atom is -0.402 e. The Morgan fingerprint density at radius 3 is 2.36 bits per heavy atom. The smallest absolute Gasteiger partial charge is 0.0571 e. The first-order valence-corrected chi connectivity index (χ1v) is 3.75. The van der Waals surface area contributed by atoms with Gasteiger partial charge in [0.1, 0.15) is 0 Å². The Kier molecular flexibility index (Phi) is 1.76. The molecule has 3 heteroatoms. The van der Waals surface area contributed by atoms with Gasteiger partial charge in [0.15, 0.2) is 0 Å². The molecule has 1 fully saturated rings. The Labute approximate surface area is 67.2 Å². The molecule has 1 aliphatic rings. The normalized spacial score (nSPS) is 27.4. The molecule has 1 saturated heterocycles. The van der Waals surface area contributed by atoms with E-state index in [1.54, 1.807) is 0 Å². The van der Waals surface area contributed by atoms with Crippen molar-refractivity contribution in [2.45, 2.75) is 26.3 Å². The zero-order valence-corrected chi connectivity index (χ0v) is 7.28. The minimum absolute atomic E-state index is 0.198. The fraction of sp³-hybridized carbons (Fsp3) is 0.625. The van der Waals surface area contributed by atoms with E-state index in [9.17, 15) is 0 Å². The van der Waals surface area contributed by atoms with Crippen LogP contribution < -0.4 is 11.1 Å². The van der Waals surface area contributed by atoms with Gasteiger partial charge in [0.25, 0.3) is 0 Å². The lowest BCUT2D eigenvalue weighted by molar-refractivity contribution is 0.568. The Hall–Kier alpha value is -0.830. The number of hydrogen-bond acceptors (Lipinski definition) is 3. The van der Waals surface area contributed by atoms with E-state index < -0.39 is 0 Å². The van der Waals surface area contributed by atoms with E-state index in [2.05, 4.69) is 5.32 Å². The summed E-state index contributed by atoms with van der Waals surface area (Å²) in [6, 6.07) is 0. The average Bonchev–Trinajstić information content (AvgIpc) is 2.09. The molecule has 1 rings (SSSR count). The third-order valence-corrected chi connectivity index (χ3v) is 2.11. The molecule has 0 spiro atoms. The largest absolute Gasteiger partial charge is 0.402 e. The van der Waals surface area contributed by atoms with Crippen molar-refractivity contribution in [3.63, 3.8) is 0 Å². The molecule has 0 amide bonds. The van der Waals surface area contributed by atoms with Crippen molar-refractivity contribution in [2.75, 3.05) is 6.54 Å². The molecule has 0 aliphatic carbocycles. The molecule has 0 atom stereocenters. The average molecular weight is 153 g/mol. The van der Waals surface area contributed by atoms with Crippen LogP contribution in [0.3, 0.4) is 0 Å². The monoisotopic (exact) mass is 153 g/mol. The quantitative estimate of drug-likeness (QED) is 0.477. The third-order valence-electron chi connectivity index (χ3n) is 2.11. The summed E-state index contributed by atoms with van der Waals surface area (Å²) in [7, 11) is 0. The summed E-state index contributed by atoms with van der Waals surface area (Å²) in [5, 5.41) is 11.0. The molecule has 4 N–H and O–H groups in total. The van der Waals surface area contributed by atoms with E-state index in [0.29, 0.717) is 5.71 Å². The molecule has 0 radical (unpaired) electrons. The van der Waals surface area contributed by atoms with E-state index in [1.807, 2.05) is 20.8 Å².